The summed E-state index contributed by atoms with van der Waals surface area (Å²) >= 11 is 0. The van der Waals surface area contributed by atoms with Gasteiger partial charge in [-0.15, -0.1) is 0 Å². The first-order valence-electron chi connectivity index (χ1n) is 51.2. The van der Waals surface area contributed by atoms with Crippen molar-refractivity contribution in [2.75, 3.05) is 26.4 Å². The van der Waals surface area contributed by atoms with Crippen molar-refractivity contribution in [2.24, 2.45) is 0 Å². The molecule has 10 heteroatoms. The lowest BCUT2D eigenvalue weighted by atomic mass is 9.91. The number of hydrogen-bond donors (Lipinski definition) is 3. The highest BCUT2D eigenvalue weighted by molar-refractivity contribution is 6.24. The first kappa shape index (κ1) is 95.3. The van der Waals surface area contributed by atoms with E-state index < -0.39 is 5.97 Å². The van der Waals surface area contributed by atoms with Crippen LogP contribution in [0, 0.1) is 35.5 Å². The number of unbranched alkanes of at least 4 members (excludes halogenated alkanes) is 36. The highest BCUT2D eigenvalue weighted by Gasteiger charge is 2.26. The van der Waals surface area contributed by atoms with Crippen LogP contribution in [0.3, 0.4) is 0 Å². The molecule has 2 aliphatic heterocycles. The smallest absolute Gasteiger partial charge is 0.335 e. The van der Waals surface area contributed by atoms with Gasteiger partial charge in [-0.1, -0.05) is 404 Å². The van der Waals surface area contributed by atoms with Gasteiger partial charge in [-0.2, -0.15) is 0 Å². The van der Waals surface area contributed by atoms with Gasteiger partial charge in [-0.25, -0.2) is 14.8 Å². The molecule has 3 aromatic heterocycles. The molecule has 2 aliphatic rings. The van der Waals surface area contributed by atoms with Crippen LogP contribution >= 0.6 is 0 Å². The highest BCUT2D eigenvalue weighted by Crippen LogP contribution is 2.47. The summed E-state index contributed by atoms with van der Waals surface area (Å²) in [5.41, 5.74) is 14.1. The maximum atomic E-state index is 12.0. The minimum Gasteiger partial charge on any atom is -0.493 e. The predicted octanol–water partition coefficient (Wildman–Crippen LogP) is 34.3. The molecule has 0 unspecified atom stereocenters. The summed E-state index contributed by atoms with van der Waals surface area (Å²) in [6.07, 6.45) is 57.4. The van der Waals surface area contributed by atoms with Crippen LogP contribution in [0.2, 0.25) is 0 Å². The molecule has 0 amide bonds. The van der Waals surface area contributed by atoms with Crippen LogP contribution in [-0.4, -0.2) is 57.4 Å². The Morgan fingerprint density at radius 1 is 0.271 bits per heavy atom. The fourth-order valence-corrected chi connectivity index (χ4v) is 19.4. The number of ether oxygens (including phenoxy) is 4. The molecule has 5 heterocycles. The Bertz CT molecular complexity index is 6240. The van der Waals surface area contributed by atoms with Crippen LogP contribution in [0.4, 0.5) is 0 Å². The van der Waals surface area contributed by atoms with Gasteiger partial charge in [0.15, 0.2) is 0 Å². The van der Waals surface area contributed by atoms with Crippen molar-refractivity contribution in [1.82, 2.24) is 19.9 Å². The van der Waals surface area contributed by atoms with Crippen molar-refractivity contribution < 1.29 is 28.8 Å². The lowest BCUT2D eigenvalue weighted by Gasteiger charge is -2.18. The minimum absolute atomic E-state index is 0.211. The molecule has 0 fully saturated rings. The molecule has 8 bridgehead atoms. The standard InChI is InChI=1S/C123H138N4O6/c1-5-9-13-17-21-25-29-33-37-45-86-130-113-58-50-59-114(131-87-46-38-34-30-26-22-18-14-10-6-2)121(113)119-109-82-78-105(124-109)103(75-71-91-67-68-94-70-69-92-52-49-53-93-72-74-96(91)118(94)117(92)93)106-79-83-110(125-106)120(122-115(132-88-47-39-35-31-27-23-19-15-11-7-3)60-51-61-116(122)133-89-48-40-36-32-28-24-20-16-12-8-4)112-85-81-108(127-112)104(107-80-84-111(119)126-107)77-76-102-99-56-43-41-54-97(99)101(98-55-42-44-57-100(98)102)73-64-90-62-65-95(66-63-90)123(128)129/h41-44,49-63,65-70,72,74,78-85,124,127H,5-40,45-48,86-89H2,1-4H3,(H,128,129). The monoisotopic (exact) mass is 1770 g/mol. The van der Waals surface area contributed by atoms with Gasteiger partial charge in [-0.05, 0) is 183 Å². The van der Waals surface area contributed by atoms with E-state index in [2.05, 4.69) is 261 Å². The molecule has 10 aromatic carbocycles. The number of hydrogen-bond acceptors (Lipinski definition) is 7. The second-order valence-electron chi connectivity index (χ2n) is 36.8. The lowest BCUT2D eigenvalue weighted by molar-refractivity contribution is 0.0696. The highest BCUT2D eigenvalue weighted by atomic mass is 16.5. The Hall–Kier alpha value is -12.3. The zero-order chi connectivity index (χ0) is 91.4. The summed E-state index contributed by atoms with van der Waals surface area (Å²) in [5, 5.41) is 20.7. The Morgan fingerprint density at radius 3 is 0.955 bits per heavy atom. The first-order valence-corrected chi connectivity index (χ1v) is 51.2. The van der Waals surface area contributed by atoms with E-state index in [-0.39, 0.29) is 5.56 Å². The second-order valence-corrected chi connectivity index (χ2v) is 36.8. The summed E-state index contributed by atoms with van der Waals surface area (Å²) in [4.78, 5) is 32.0. The van der Waals surface area contributed by atoms with Gasteiger partial charge in [-0.3, -0.25) is 0 Å². The van der Waals surface area contributed by atoms with Gasteiger partial charge >= 0.3 is 5.97 Å². The van der Waals surface area contributed by atoms with Crippen molar-refractivity contribution in [3.63, 3.8) is 0 Å². The number of nitrogens with zero attached hydrogens (tertiary/aromatic N) is 2. The van der Waals surface area contributed by atoms with E-state index >= 15 is 0 Å². The molecular formula is C123H138N4O6. The molecule has 0 atom stereocenters. The molecule has 15 rings (SSSR count). The zero-order valence-corrected chi connectivity index (χ0v) is 79.7. The number of carbonyl (C=O) groups is 1. The maximum Gasteiger partial charge on any atom is 0.335 e. The molecular weight excluding hydrogens is 1630 g/mol. The molecule has 0 radical (unpaired) electrons. The zero-order valence-electron chi connectivity index (χ0n) is 79.7. The van der Waals surface area contributed by atoms with Crippen molar-refractivity contribution in [2.45, 2.75) is 285 Å². The summed E-state index contributed by atoms with van der Waals surface area (Å²) in [5.74, 6) is 24.4. The van der Waals surface area contributed by atoms with Crippen molar-refractivity contribution in [3.8, 4) is 80.8 Å². The average Bonchev–Trinajstić information content (AvgIpc) is 1.59. The van der Waals surface area contributed by atoms with Crippen LogP contribution < -0.4 is 18.9 Å². The number of H-pyrrole nitrogens is 2. The van der Waals surface area contributed by atoms with E-state index in [1.54, 1.807) is 24.3 Å². The van der Waals surface area contributed by atoms with Crippen molar-refractivity contribution >= 4 is 106 Å². The second kappa shape index (κ2) is 50.5. The minimum atomic E-state index is -0.979. The molecule has 0 saturated heterocycles. The molecule has 13 aromatic rings. The quantitative estimate of drug-likeness (QED) is 0.0149. The number of carboxylic acids is 1. The largest absolute Gasteiger partial charge is 0.493 e. The number of nitrogens with one attached hydrogen (secondary N) is 2. The first-order chi connectivity index (χ1) is 65.8. The number of aromatic amines is 2. The lowest BCUT2D eigenvalue weighted by Crippen LogP contribution is -2.04. The van der Waals surface area contributed by atoms with Crippen LogP contribution in [-0.2, 0) is 0 Å². The predicted molar refractivity (Wildman–Crippen MR) is 562 cm³/mol. The van der Waals surface area contributed by atoms with E-state index in [0.717, 1.165) is 168 Å². The average molecular weight is 1770 g/mol. The Balaban J connectivity index is 0.941. The molecule has 10 nitrogen and oxygen atoms in total. The van der Waals surface area contributed by atoms with E-state index in [1.165, 1.54) is 232 Å². The molecule has 0 saturated carbocycles. The molecule has 3 N–H and O–H groups in total. The number of aromatic nitrogens is 4. The topological polar surface area (TPSA) is 132 Å². The third kappa shape index (κ3) is 25.4. The van der Waals surface area contributed by atoms with Gasteiger partial charge in [0.1, 0.15) is 23.0 Å². The van der Waals surface area contributed by atoms with Gasteiger partial charge in [0.25, 0.3) is 0 Å². The summed E-state index contributed by atoms with van der Waals surface area (Å²) in [7, 11) is 0. The number of fused-ring (bicyclic) bond motifs is 10. The summed E-state index contributed by atoms with van der Waals surface area (Å²) in [6, 6.07) is 64.8. The number of rotatable bonds is 51. The number of benzene rings is 10. The molecule has 133 heavy (non-hydrogen) atoms. The Kier molecular flexibility index (Phi) is 36.2. The van der Waals surface area contributed by atoms with Crippen LogP contribution in [0.1, 0.15) is 351 Å². The van der Waals surface area contributed by atoms with E-state index in [9.17, 15) is 9.90 Å². The SMILES string of the molecule is CCCCCCCCCCCCOc1cccc(OCCCCCCCCCCCC)c1-c1c2nc(c(C#Cc3ccc4ccc5cccc6ccc3c4c56)c3ccc([nH]3)c(-c3c(OCCCCCCCCCCCC)cccc3OCCCCCCCCCCCC)c3nc(c(C#Cc4c5ccccc5c(C#Cc5ccc(C(=O)O)cc5)c5ccccc45)c4ccc1[nH]4)C=C3)C=C2. The molecule has 686 valence electrons. The van der Waals surface area contributed by atoms with Gasteiger partial charge < -0.3 is 34.0 Å². The fourth-order valence-electron chi connectivity index (χ4n) is 19.4. The van der Waals surface area contributed by atoms with Crippen molar-refractivity contribution in [3.05, 3.63) is 250 Å². The van der Waals surface area contributed by atoms with Gasteiger partial charge in [0.2, 0.25) is 0 Å². The van der Waals surface area contributed by atoms with E-state index in [1.807, 2.05) is 0 Å². The van der Waals surface area contributed by atoms with Gasteiger partial charge in [0, 0.05) is 44.4 Å². The van der Waals surface area contributed by atoms with E-state index in [4.69, 9.17) is 28.9 Å². The Labute approximate surface area is 791 Å². The third-order valence-electron chi connectivity index (χ3n) is 26.8. The van der Waals surface area contributed by atoms with Gasteiger partial charge in [0.05, 0.1) is 88.1 Å². The Morgan fingerprint density at radius 2 is 0.579 bits per heavy atom. The molecule has 0 spiro atoms. The van der Waals surface area contributed by atoms with Crippen LogP contribution in [0.25, 0.3) is 122 Å². The summed E-state index contributed by atoms with van der Waals surface area (Å²) < 4.78 is 28.9. The molecule has 0 aliphatic carbocycles. The van der Waals surface area contributed by atoms with E-state index in [0.29, 0.717) is 60.3 Å². The third-order valence-corrected chi connectivity index (χ3v) is 26.8. The van der Waals surface area contributed by atoms with Crippen LogP contribution in [0.5, 0.6) is 23.0 Å². The maximum absolute atomic E-state index is 12.0. The normalized spacial score (nSPS) is 11.7. The fraction of sp³-hybridized carbons (Fsp3) is 0.390. The number of carboxylic acid groups (broad SMARTS) is 1. The number of aromatic carboxylic acids is 1. The summed E-state index contributed by atoms with van der Waals surface area (Å²) in [6.45, 7) is 11.3. The van der Waals surface area contributed by atoms with Crippen LogP contribution in [0.15, 0.2) is 188 Å². The van der Waals surface area contributed by atoms with Crippen molar-refractivity contribution in [1.29, 1.82) is 0 Å².